The average molecular weight is 296 g/mol. The maximum absolute atomic E-state index is 10.1. The molecule has 0 heterocycles. The third-order valence-electron chi connectivity index (χ3n) is 3.24. The highest BCUT2D eigenvalue weighted by molar-refractivity contribution is 5.28. The van der Waals surface area contributed by atoms with E-state index in [-0.39, 0.29) is 12.0 Å². The zero-order valence-corrected chi connectivity index (χ0v) is 13.6. The summed E-state index contributed by atoms with van der Waals surface area (Å²) in [6.07, 6.45) is -0.599. The Morgan fingerprint density at radius 2 is 1.52 bits per heavy atom. The van der Waals surface area contributed by atoms with Gasteiger partial charge in [0.05, 0.1) is 33.0 Å². The summed E-state index contributed by atoms with van der Waals surface area (Å²) in [7, 11) is 1.64. The standard InChI is InChI=1S/C17H28O4/c1-17(2,3)15-7-5-14(6-8-15)16(18)13-21-12-11-20-10-9-19-4/h5-8,16,18H,9-13H2,1-4H3. The van der Waals surface area contributed by atoms with E-state index in [1.165, 1.54) is 5.56 Å². The predicted octanol–water partition coefficient (Wildman–Crippen LogP) is 2.70. The highest BCUT2D eigenvalue weighted by atomic mass is 16.5. The van der Waals surface area contributed by atoms with Crippen molar-refractivity contribution in [3.05, 3.63) is 35.4 Å². The topological polar surface area (TPSA) is 47.9 Å². The van der Waals surface area contributed by atoms with Gasteiger partial charge in [0.25, 0.3) is 0 Å². The van der Waals surface area contributed by atoms with Crippen LogP contribution >= 0.6 is 0 Å². The zero-order chi connectivity index (χ0) is 15.7. The Balaban J connectivity index is 2.27. The van der Waals surface area contributed by atoms with Crippen LogP contribution in [-0.2, 0) is 19.6 Å². The molecule has 1 unspecified atom stereocenters. The van der Waals surface area contributed by atoms with Crippen molar-refractivity contribution in [2.24, 2.45) is 0 Å². The zero-order valence-electron chi connectivity index (χ0n) is 13.6. The lowest BCUT2D eigenvalue weighted by Gasteiger charge is -2.20. The minimum atomic E-state index is -0.599. The molecule has 1 atom stereocenters. The van der Waals surface area contributed by atoms with Crippen molar-refractivity contribution in [1.82, 2.24) is 0 Å². The van der Waals surface area contributed by atoms with Crippen molar-refractivity contribution >= 4 is 0 Å². The fourth-order valence-electron chi connectivity index (χ4n) is 1.86. The van der Waals surface area contributed by atoms with Gasteiger partial charge in [-0.3, -0.25) is 0 Å². The van der Waals surface area contributed by atoms with Crippen LogP contribution in [0.25, 0.3) is 0 Å². The van der Waals surface area contributed by atoms with Gasteiger partial charge in [-0.15, -0.1) is 0 Å². The monoisotopic (exact) mass is 296 g/mol. The summed E-state index contributed by atoms with van der Waals surface area (Å²) in [5.74, 6) is 0. The Labute approximate surface area is 128 Å². The molecule has 0 saturated heterocycles. The lowest BCUT2D eigenvalue weighted by molar-refractivity contribution is -0.00591. The Bertz CT molecular complexity index is 381. The minimum absolute atomic E-state index is 0.125. The van der Waals surface area contributed by atoms with Crippen molar-refractivity contribution in [3.63, 3.8) is 0 Å². The van der Waals surface area contributed by atoms with Crippen LogP contribution in [0.4, 0.5) is 0 Å². The number of aliphatic hydroxyl groups excluding tert-OH is 1. The number of hydrogen-bond donors (Lipinski definition) is 1. The summed E-state index contributed by atoms with van der Waals surface area (Å²) in [6, 6.07) is 8.05. The molecule has 0 aliphatic heterocycles. The first kappa shape index (κ1) is 18.1. The quantitative estimate of drug-likeness (QED) is 0.712. The smallest absolute Gasteiger partial charge is 0.102 e. The van der Waals surface area contributed by atoms with Crippen molar-refractivity contribution < 1.29 is 19.3 Å². The number of benzene rings is 1. The summed E-state index contributed by atoms with van der Waals surface area (Å²) in [4.78, 5) is 0. The normalized spacial score (nSPS) is 13.4. The Hall–Kier alpha value is -0.940. The maximum atomic E-state index is 10.1. The molecule has 1 aromatic carbocycles. The van der Waals surface area contributed by atoms with Gasteiger partial charge in [0, 0.05) is 7.11 Å². The molecule has 0 spiro atoms. The van der Waals surface area contributed by atoms with Gasteiger partial charge in [0.15, 0.2) is 0 Å². The van der Waals surface area contributed by atoms with E-state index in [9.17, 15) is 5.11 Å². The van der Waals surface area contributed by atoms with Crippen LogP contribution in [0, 0.1) is 0 Å². The van der Waals surface area contributed by atoms with E-state index >= 15 is 0 Å². The van der Waals surface area contributed by atoms with Crippen LogP contribution in [0.2, 0.25) is 0 Å². The summed E-state index contributed by atoms with van der Waals surface area (Å²) in [5, 5.41) is 10.1. The molecule has 4 heteroatoms. The number of aliphatic hydroxyl groups is 1. The summed E-state index contributed by atoms with van der Waals surface area (Å²) in [5.41, 5.74) is 2.26. The first-order chi connectivity index (χ1) is 9.95. The van der Waals surface area contributed by atoms with E-state index < -0.39 is 6.10 Å². The van der Waals surface area contributed by atoms with Crippen LogP contribution in [-0.4, -0.2) is 45.3 Å². The van der Waals surface area contributed by atoms with Gasteiger partial charge in [-0.05, 0) is 16.5 Å². The van der Waals surface area contributed by atoms with Gasteiger partial charge < -0.3 is 19.3 Å². The fraction of sp³-hybridized carbons (Fsp3) is 0.647. The second-order valence-corrected chi connectivity index (χ2v) is 6.07. The third kappa shape index (κ3) is 7.05. The van der Waals surface area contributed by atoms with E-state index in [4.69, 9.17) is 14.2 Å². The second kappa shape index (κ2) is 9.15. The van der Waals surface area contributed by atoms with Gasteiger partial charge in [-0.25, -0.2) is 0 Å². The Morgan fingerprint density at radius 3 is 2.10 bits per heavy atom. The molecule has 0 aliphatic carbocycles. The second-order valence-electron chi connectivity index (χ2n) is 6.07. The minimum Gasteiger partial charge on any atom is -0.386 e. The lowest BCUT2D eigenvalue weighted by atomic mass is 9.86. The Morgan fingerprint density at radius 1 is 0.952 bits per heavy atom. The number of ether oxygens (including phenoxy) is 3. The van der Waals surface area contributed by atoms with Crippen LogP contribution in [0.5, 0.6) is 0 Å². The highest BCUT2D eigenvalue weighted by Crippen LogP contribution is 2.24. The molecule has 0 radical (unpaired) electrons. The van der Waals surface area contributed by atoms with E-state index in [0.717, 1.165) is 5.56 Å². The lowest BCUT2D eigenvalue weighted by Crippen LogP contribution is -2.14. The largest absolute Gasteiger partial charge is 0.386 e. The van der Waals surface area contributed by atoms with E-state index in [0.29, 0.717) is 26.4 Å². The molecule has 120 valence electrons. The third-order valence-corrected chi connectivity index (χ3v) is 3.24. The molecule has 1 N–H and O–H groups in total. The summed E-state index contributed by atoms with van der Waals surface area (Å²) in [6.45, 7) is 8.93. The molecule has 21 heavy (non-hydrogen) atoms. The molecule has 0 amide bonds. The van der Waals surface area contributed by atoms with Gasteiger partial charge in [-0.1, -0.05) is 45.0 Å². The molecular formula is C17H28O4. The number of rotatable bonds is 9. The predicted molar refractivity (Wildman–Crippen MR) is 83.6 cm³/mol. The van der Waals surface area contributed by atoms with Crippen LogP contribution < -0.4 is 0 Å². The van der Waals surface area contributed by atoms with Gasteiger partial charge in [0.1, 0.15) is 6.10 Å². The molecule has 4 nitrogen and oxygen atoms in total. The van der Waals surface area contributed by atoms with Gasteiger partial charge in [-0.2, -0.15) is 0 Å². The molecule has 0 aromatic heterocycles. The number of hydrogen-bond acceptors (Lipinski definition) is 4. The van der Waals surface area contributed by atoms with Gasteiger partial charge in [0.2, 0.25) is 0 Å². The van der Waals surface area contributed by atoms with E-state index in [1.807, 2.05) is 12.1 Å². The molecule has 0 aliphatic rings. The van der Waals surface area contributed by atoms with E-state index in [1.54, 1.807) is 7.11 Å². The van der Waals surface area contributed by atoms with Crippen LogP contribution in [0.15, 0.2) is 24.3 Å². The molecule has 0 fully saturated rings. The SMILES string of the molecule is COCCOCCOCC(O)c1ccc(C(C)(C)C)cc1. The first-order valence-electron chi connectivity index (χ1n) is 7.38. The molecule has 1 aromatic rings. The summed E-state index contributed by atoms with van der Waals surface area (Å²) < 4.78 is 15.6. The molecule has 0 bridgehead atoms. The fourth-order valence-corrected chi connectivity index (χ4v) is 1.86. The first-order valence-corrected chi connectivity index (χ1v) is 7.38. The van der Waals surface area contributed by atoms with Gasteiger partial charge >= 0.3 is 0 Å². The highest BCUT2D eigenvalue weighted by Gasteiger charge is 2.14. The van der Waals surface area contributed by atoms with Crippen molar-refractivity contribution in [1.29, 1.82) is 0 Å². The van der Waals surface area contributed by atoms with Crippen molar-refractivity contribution in [2.75, 3.05) is 40.1 Å². The summed E-state index contributed by atoms with van der Waals surface area (Å²) >= 11 is 0. The number of methoxy groups -OCH3 is 1. The van der Waals surface area contributed by atoms with Crippen molar-refractivity contribution in [2.45, 2.75) is 32.3 Å². The van der Waals surface area contributed by atoms with Crippen LogP contribution in [0.1, 0.15) is 38.0 Å². The molecule has 1 rings (SSSR count). The average Bonchev–Trinajstić information content (AvgIpc) is 2.45. The maximum Gasteiger partial charge on any atom is 0.102 e. The molecule has 0 saturated carbocycles. The Kier molecular flexibility index (Phi) is 7.89. The van der Waals surface area contributed by atoms with E-state index in [2.05, 4.69) is 32.9 Å². The molecular weight excluding hydrogens is 268 g/mol. The van der Waals surface area contributed by atoms with Crippen LogP contribution in [0.3, 0.4) is 0 Å². The van der Waals surface area contributed by atoms with Crippen molar-refractivity contribution in [3.8, 4) is 0 Å².